The number of hydrogen-bond donors (Lipinski definition) is 2. The standard InChI is InChI=1S/C59H92O4.C59H90O4/c2*1-44(2)24-15-25-45(3)26-16-27-46(4)28-17-29-47(5)30-18-31-48(6)32-19-33-49(7)34-20-35-50(8)36-21-37-51(9)38-22-39-52(10)40-23-41-53(11)42-43-55-54(12)56(60)58(62-13)59(63-14)57(55)61/h24,26,28,30,32,34,36,38,40,42,60-61H,15-23,25,27,29,31,33,35,37,39,41,43H2,1-14H3;24,26,28,30,32,34,36,38,40,42H,15-23,25,27,29,31,33,35,37,39,41,43H2,1-14H3/b2*45-26+,46-28+,47-30+,48-32-,49-34+,50-36+,51-38+,52-40+,53-42+. The largest absolute Gasteiger partial charge is 0.504 e. The maximum atomic E-state index is 12.9. The van der Waals surface area contributed by atoms with Gasteiger partial charge in [0.25, 0.3) is 0 Å². The van der Waals surface area contributed by atoms with Crippen LogP contribution in [0.25, 0.3) is 0 Å². The normalized spacial score (nSPS) is 15.0. The molecule has 8 nitrogen and oxygen atoms in total. The SMILES string of the molecule is COC1=C(OC)C(=O)C(C/C=C(\C)CC/C=C(\C)CC/C=C(\C)CC/C=C(\C)CC/C=C(\C)CC/C=C(/C)CC/C=C(\C)CC/C=C(\C)CC/C=C(\C)CCC=C(C)C)=C(C)C1=O.COc1c(O)c(C)c(C/C=C(\C)CC/C=C(\C)CC/C=C(\C)CC/C=C(\C)CC/C=C(\C)CC/C=C(/C)CC/C=C(\C)CC/C=C(\C)CC/C=C(\C)CCC=C(C)C)c(O)c1OC. The second kappa shape index (κ2) is 69.7. The van der Waals surface area contributed by atoms with Gasteiger partial charge < -0.3 is 29.2 Å². The van der Waals surface area contributed by atoms with Crippen LogP contribution >= 0.6 is 0 Å². The molecule has 8 heteroatoms. The Bertz CT molecular complexity index is 4220. The van der Waals surface area contributed by atoms with Crippen molar-refractivity contribution in [2.45, 2.75) is 410 Å². The lowest BCUT2D eigenvalue weighted by molar-refractivity contribution is -0.121. The molecular weight excluding hydrogens is 1550 g/mol. The summed E-state index contributed by atoms with van der Waals surface area (Å²) in [6.45, 7) is 52.8. The van der Waals surface area contributed by atoms with Gasteiger partial charge in [-0.15, -0.1) is 0 Å². The van der Waals surface area contributed by atoms with Crippen molar-refractivity contribution in [2.24, 2.45) is 0 Å². The number of phenols is 2. The highest BCUT2D eigenvalue weighted by atomic mass is 16.5. The lowest BCUT2D eigenvalue weighted by Crippen LogP contribution is -2.24. The van der Waals surface area contributed by atoms with E-state index in [4.69, 9.17) is 18.9 Å². The fraction of sp³-hybridized carbons (Fsp3) is 0.559. The van der Waals surface area contributed by atoms with Crippen molar-refractivity contribution in [2.75, 3.05) is 28.4 Å². The van der Waals surface area contributed by atoms with E-state index in [1.54, 1.807) is 13.8 Å². The summed E-state index contributed by atoms with van der Waals surface area (Å²) >= 11 is 0. The van der Waals surface area contributed by atoms with E-state index in [0.717, 1.165) is 193 Å². The van der Waals surface area contributed by atoms with Crippen LogP contribution in [0, 0.1) is 6.92 Å². The molecule has 0 atom stereocenters. The van der Waals surface area contributed by atoms with Crippen molar-refractivity contribution < 1.29 is 38.7 Å². The van der Waals surface area contributed by atoms with Gasteiger partial charge in [-0.05, 0) is 410 Å². The van der Waals surface area contributed by atoms with E-state index < -0.39 is 0 Å². The van der Waals surface area contributed by atoms with Crippen molar-refractivity contribution in [1.82, 2.24) is 0 Å². The van der Waals surface area contributed by atoms with E-state index in [-0.39, 0.29) is 46.1 Å². The molecule has 0 aromatic heterocycles. The summed E-state index contributed by atoms with van der Waals surface area (Å²) in [7, 11) is 5.69. The monoisotopic (exact) mass is 1730 g/mol. The Morgan fingerprint density at radius 2 is 0.389 bits per heavy atom. The minimum absolute atomic E-state index is 0.00634. The van der Waals surface area contributed by atoms with Crippen LogP contribution in [-0.2, 0) is 25.5 Å². The van der Waals surface area contributed by atoms with Crippen LogP contribution in [-0.4, -0.2) is 50.2 Å². The van der Waals surface area contributed by atoms with Gasteiger partial charge >= 0.3 is 0 Å². The molecule has 0 radical (unpaired) electrons. The molecule has 2 rings (SSSR count). The summed E-state index contributed by atoms with van der Waals surface area (Å²) in [6, 6.07) is 0. The average Bonchev–Trinajstić information content (AvgIpc) is 0.794. The number of carbonyl (C=O) groups excluding carboxylic acids is 2. The number of phenolic OH excluding ortho intramolecular Hbond substituents is 2. The zero-order valence-electron chi connectivity index (χ0n) is 85.8. The van der Waals surface area contributed by atoms with Crippen molar-refractivity contribution in [1.29, 1.82) is 0 Å². The Hall–Kier alpha value is -8.36. The molecule has 126 heavy (non-hydrogen) atoms. The molecule has 1 aliphatic carbocycles. The Morgan fingerprint density at radius 1 is 0.222 bits per heavy atom. The lowest BCUT2D eigenvalue weighted by atomic mass is 9.90. The van der Waals surface area contributed by atoms with Crippen molar-refractivity contribution in [3.63, 3.8) is 0 Å². The van der Waals surface area contributed by atoms with Gasteiger partial charge in [-0.25, -0.2) is 0 Å². The van der Waals surface area contributed by atoms with E-state index in [1.165, 1.54) is 178 Å². The van der Waals surface area contributed by atoms with Crippen LogP contribution in [0.5, 0.6) is 23.0 Å². The molecule has 702 valence electrons. The molecule has 0 saturated carbocycles. The molecule has 0 fully saturated rings. The smallest absolute Gasteiger partial charge is 0.228 e. The van der Waals surface area contributed by atoms with Crippen LogP contribution in [0.3, 0.4) is 0 Å². The topological polar surface area (TPSA) is 112 Å². The first kappa shape index (κ1) is 116. The number of ketones is 2. The maximum absolute atomic E-state index is 12.9. The maximum Gasteiger partial charge on any atom is 0.228 e. The van der Waals surface area contributed by atoms with E-state index in [9.17, 15) is 19.8 Å². The number of benzene rings is 1. The Morgan fingerprint density at radius 3 is 0.571 bits per heavy atom. The number of hydrogen-bond acceptors (Lipinski definition) is 8. The van der Waals surface area contributed by atoms with Gasteiger partial charge in [0.05, 0.1) is 28.4 Å². The summed E-state index contributed by atoms with van der Waals surface area (Å²) in [5.74, 6) is -0.216. The molecule has 2 N–H and O–H groups in total. The molecular formula is C118H182O8. The van der Waals surface area contributed by atoms with Gasteiger partial charge in [0.1, 0.15) is 0 Å². The third kappa shape index (κ3) is 55.4. The number of ether oxygens (including phenoxy) is 4. The third-order valence-corrected chi connectivity index (χ3v) is 24.2. The fourth-order valence-corrected chi connectivity index (χ4v) is 15.2. The predicted molar refractivity (Wildman–Crippen MR) is 552 cm³/mol. The van der Waals surface area contributed by atoms with Crippen molar-refractivity contribution >= 4 is 11.6 Å². The lowest BCUT2D eigenvalue weighted by Gasteiger charge is -2.19. The van der Waals surface area contributed by atoms with Gasteiger partial charge in [-0.3, -0.25) is 9.59 Å². The highest BCUT2D eigenvalue weighted by Crippen LogP contribution is 2.48. The minimum Gasteiger partial charge on any atom is -0.504 e. The molecule has 0 saturated heterocycles. The van der Waals surface area contributed by atoms with Crippen LogP contribution in [0.15, 0.2) is 256 Å². The number of Topliss-reactive ketones (excluding diaryl/α,β-unsaturated/α-hetero) is 2. The molecule has 1 aromatic rings. The molecule has 0 amide bonds. The molecule has 1 aliphatic rings. The second-order valence-corrected chi connectivity index (χ2v) is 37.3. The molecule has 0 heterocycles. The van der Waals surface area contributed by atoms with Crippen LogP contribution in [0.4, 0.5) is 0 Å². The predicted octanol–water partition coefficient (Wildman–Crippen LogP) is 36.3. The molecule has 1 aromatic carbocycles. The number of methoxy groups -OCH3 is 4. The zero-order chi connectivity index (χ0) is 94.3. The summed E-state index contributed by atoms with van der Waals surface area (Å²) in [5.41, 5.74) is 31.4. The summed E-state index contributed by atoms with van der Waals surface area (Å²) in [4.78, 5) is 25.5. The van der Waals surface area contributed by atoms with E-state index >= 15 is 0 Å². The van der Waals surface area contributed by atoms with Crippen molar-refractivity contribution in [3.8, 4) is 23.0 Å². The Labute approximate surface area is 773 Å². The number of carbonyl (C=O) groups is 2. The number of rotatable bonds is 62. The number of allylic oxidation sites excluding steroid dienone is 42. The van der Waals surface area contributed by atoms with Crippen LogP contribution in [0.2, 0.25) is 0 Å². The molecule has 0 spiro atoms. The van der Waals surface area contributed by atoms with Gasteiger partial charge in [0.2, 0.25) is 34.6 Å². The quantitative estimate of drug-likeness (QED) is 0.0377. The summed E-state index contributed by atoms with van der Waals surface area (Å²) < 4.78 is 20.9. The third-order valence-electron chi connectivity index (χ3n) is 24.2. The second-order valence-electron chi connectivity index (χ2n) is 37.3. The highest BCUT2D eigenvalue weighted by Gasteiger charge is 2.34. The Balaban J connectivity index is 0.00000126. The van der Waals surface area contributed by atoms with Crippen LogP contribution < -0.4 is 9.47 Å². The van der Waals surface area contributed by atoms with E-state index in [0.29, 0.717) is 35.1 Å². The zero-order valence-corrected chi connectivity index (χ0v) is 85.8. The van der Waals surface area contributed by atoms with Gasteiger partial charge in [0.15, 0.2) is 11.5 Å². The molecule has 0 bridgehead atoms. The van der Waals surface area contributed by atoms with Gasteiger partial charge in [-0.2, -0.15) is 0 Å². The van der Waals surface area contributed by atoms with E-state index in [2.05, 4.69) is 274 Å². The van der Waals surface area contributed by atoms with E-state index in [1.807, 2.05) is 0 Å². The first-order chi connectivity index (χ1) is 60.0. The average molecular weight is 1730 g/mol. The molecule has 0 unspecified atom stereocenters. The highest BCUT2D eigenvalue weighted by molar-refractivity contribution is 6.23. The first-order valence-corrected chi connectivity index (χ1v) is 48.3. The number of aromatic hydroxyl groups is 2. The van der Waals surface area contributed by atoms with Gasteiger partial charge in [-0.1, -0.05) is 233 Å². The minimum atomic E-state index is -0.284. The Kier molecular flexibility index (Phi) is 63.9. The molecule has 0 aliphatic heterocycles. The van der Waals surface area contributed by atoms with Crippen molar-refractivity contribution in [3.05, 3.63) is 267 Å². The fourth-order valence-electron chi connectivity index (χ4n) is 15.2. The summed E-state index contributed by atoms with van der Waals surface area (Å²) in [5, 5.41) is 21.3. The van der Waals surface area contributed by atoms with Crippen LogP contribution in [0.1, 0.15) is 408 Å². The first-order valence-electron chi connectivity index (χ1n) is 48.3. The summed E-state index contributed by atoms with van der Waals surface area (Å²) in [6.07, 6.45) is 88.9. The van der Waals surface area contributed by atoms with Gasteiger partial charge in [0, 0.05) is 22.3 Å².